The highest BCUT2D eigenvalue weighted by atomic mass is 19.1. The number of carbonyl (C=O) groups is 1. The molecule has 0 spiro atoms. The molecule has 1 heterocycles. The molecule has 0 saturated carbocycles. The molecule has 0 bridgehead atoms. The Hall–Kier alpha value is -3.15. The van der Waals surface area contributed by atoms with Gasteiger partial charge in [0.1, 0.15) is 11.6 Å². The van der Waals surface area contributed by atoms with Crippen molar-refractivity contribution in [2.24, 2.45) is 0 Å². The number of hydrogen-bond donors (Lipinski definition) is 0. The predicted octanol–water partition coefficient (Wildman–Crippen LogP) is 4.48. The number of ether oxygens (including phenoxy) is 1. The van der Waals surface area contributed by atoms with Crippen LogP contribution < -0.4 is 9.64 Å². The highest BCUT2D eigenvalue weighted by molar-refractivity contribution is 5.94. The van der Waals surface area contributed by atoms with Crippen molar-refractivity contribution >= 4 is 11.6 Å². The third-order valence-corrected chi connectivity index (χ3v) is 3.79. The van der Waals surface area contributed by atoms with E-state index in [1.165, 1.54) is 11.2 Å². The molecule has 0 aliphatic carbocycles. The van der Waals surface area contributed by atoms with Gasteiger partial charge in [0, 0.05) is 11.8 Å². The van der Waals surface area contributed by atoms with Crippen LogP contribution in [0.2, 0.25) is 0 Å². The fourth-order valence-electron chi connectivity index (χ4n) is 2.42. The van der Waals surface area contributed by atoms with Crippen molar-refractivity contribution in [3.63, 3.8) is 0 Å². The molecule has 0 aliphatic heterocycles. The smallest absolute Gasteiger partial charge is 0.265 e. The topological polar surface area (TPSA) is 42.7 Å². The first kappa shape index (κ1) is 17.7. The Morgan fingerprint density at radius 2 is 1.88 bits per heavy atom. The molecule has 0 fully saturated rings. The van der Waals surface area contributed by atoms with Crippen LogP contribution in [-0.4, -0.2) is 12.5 Å². The van der Waals surface area contributed by atoms with E-state index in [4.69, 9.17) is 9.15 Å². The molecule has 4 nitrogen and oxygen atoms in total. The minimum atomic E-state index is -0.856. The molecule has 1 amide bonds. The van der Waals surface area contributed by atoms with E-state index in [2.05, 4.69) is 0 Å². The highest BCUT2D eigenvalue weighted by Gasteiger charge is 2.19. The Balaban J connectivity index is 1.76. The number of furan rings is 1. The lowest BCUT2D eigenvalue weighted by Crippen LogP contribution is -2.34. The Bertz CT molecular complexity index is 877. The van der Waals surface area contributed by atoms with Gasteiger partial charge in [0.15, 0.2) is 18.2 Å². The zero-order chi connectivity index (χ0) is 18.5. The summed E-state index contributed by atoms with van der Waals surface area (Å²) in [4.78, 5) is 14.2. The van der Waals surface area contributed by atoms with Crippen molar-refractivity contribution in [2.75, 3.05) is 11.5 Å². The van der Waals surface area contributed by atoms with Gasteiger partial charge in [0.25, 0.3) is 5.91 Å². The summed E-state index contributed by atoms with van der Waals surface area (Å²) in [7, 11) is 0. The van der Waals surface area contributed by atoms with E-state index in [-0.39, 0.29) is 18.2 Å². The molecule has 134 valence electrons. The van der Waals surface area contributed by atoms with Crippen molar-refractivity contribution in [3.8, 4) is 5.75 Å². The molecule has 3 aromatic rings. The van der Waals surface area contributed by atoms with Gasteiger partial charge in [-0.3, -0.25) is 4.79 Å². The van der Waals surface area contributed by atoms with Gasteiger partial charge in [-0.05, 0) is 43.3 Å². The van der Waals surface area contributed by atoms with Crippen LogP contribution in [0, 0.1) is 18.6 Å². The molecule has 2 aromatic carbocycles. The summed E-state index contributed by atoms with van der Waals surface area (Å²) in [6.07, 6.45) is 1.53. The van der Waals surface area contributed by atoms with Gasteiger partial charge in [0.05, 0.1) is 12.8 Å². The number of halogens is 2. The zero-order valence-electron chi connectivity index (χ0n) is 14.1. The predicted molar refractivity (Wildman–Crippen MR) is 92.9 cm³/mol. The first-order chi connectivity index (χ1) is 12.5. The zero-order valence-corrected chi connectivity index (χ0v) is 14.1. The van der Waals surface area contributed by atoms with Crippen LogP contribution in [0.5, 0.6) is 5.75 Å². The first-order valence-electron chi connectivity index (χ1n) is 8.00. The number of anilines is 1. The van der Waals surface area contributed by atoms with Crippen LogP contribution >= 0.6 is 0 Å². The van der Waals surface area contributed by atoms with Crippen molar-refractivity contribution in [3.05, 3.63) is 83.8 Å². The van der Waals surface area contributed by atoms with Crippen LogP contribution in [0.3, 0.4) is 0 Å². The number of rotatable bonds is 6. The van der Waals surface area contributed by atoms with Gasteiger partial charge in [-0.15, -0.1) is 0 Å². The second-order valence-electron chi connectivity index (χ2n) is 5.76. The fraction of sp³-hybridized carbons (Fsp3) is 0.150. The van der Waals surface area contributed by atoms with Gasteiger partial charge in [0.2, 0.25) is 0 Å². The van der Waals surface area contributed by atoms with E-state index in [1.54, 1.807) is 12.1 Å². The second-order valence-corrected chi connectivity index (χ2v) is 5.76. The summed E-state index contributed by atoms with van der Waals surface area (Å²) in [5.74, 6) is -1.52. The van der Waals surface area contributed by atoms with Gasteiger partial charge < -0.3 is 14.1 Å². The van der Waals surface area contributed by atoms with Crippen LogP contribution in [0.15, 0.2) is 65.3 Å². The summed E-state index contributed by atoms with van der Waals surface area (Å²) in [5, 5.41) is 0. The number of carbonyl (C=O) groups excluding carboxylic acids is 1. The monoisotopic (exact) mass is 357 g/mol. The van der Waals surface area contributed by atoms with Gasteiger partial charge in [-0.25, -0.2) is 8.78 Å². The third-order valence-electron chi connectivity index (χ3n) is 3.79. The van der Waals surface area contributed by atoms with Gasteiger partial charge in [-0.1, -0.05) is 17.7 Å². The maximum Gasteiger partial charge on any atom is 0.265 e. The molecular formula is C20H17F2NO3. The summed E-state index contributed by atoms with van der Waals surface area (Å²) < 4.78 is 37.2. The third kappa shape index (κ3) is 4.27. The maximum atomic E-state index is 13.7. The number of aryl methyl sites for hydroxylation is 1. The molecule has 26 heavy (non-hydrogen) atoms. The maximum absolute atomic E-state index is 13.7. The lowest BCUT2D eigenvalue weighted by Gasteiger charge is -2.22. The quantitative estimate of drug-likeness (QED) is 0.653. The van der Waals surface area contributed by atoms with E-state index >= 15 is 0 Å². The van der Waals surface area contributed by atoms with Gasteiger partial charge >= 0.3 is 0 Å². The molecule has 1 aromatic heterocycles. The molecule has 0 N–H and O–H groups in total. The largest absolute Gasteiger partial charge is 0.481 e. The summed E-state index contributed by atoms with van der Waals surface area (Å²) >= 11 is 0. The van der Waals surface area contributed by atoms with Crippen LogP contribution in [0.25, 0.3) is 0 Å². The van der Waals surface area contributed by atoms with Crippen LogP contribution in [0.4, 0.5) is 14.5 Å². The van der Waals surface area contributed by atoms with E-state index in [1.807, 2.05) is 31.2 Å². The Morgan fingerprint density at radius 1 is 1.12 bits per heavy atom. The van der Waals surface area contributed by atoms with E-state index < -0.39 is 18.2 Å². The molecule has 0 unspecified atom stereocenters. The highest BCUT2D eigenvalue weighted by Crippen LogP contribution is 2.21. The van der Waals surface area contributed by atoms with Crippen molar-refractivity contribution in [2.45, 2.75) is 13.5 Å². The van der Waals surface area contributed by atoms with Crippen molar-refractivity contribution in [1.82, 2.24) is 0 Å². The Morgan fingerprint density at radius 3 is 2.54 bits per heavy atom. The minimum absolute atomic E-state index is 0.179. The molecule has 6 heteroatoms. The molecule has 3 rings (SSSR count). The van der Waals surface area contributed by atoms with Crippen molar-refractivity contribution in [1.29, 1.82) is 0 Å². The summed E-state index contributed by atoms with van der Waals surface area (Å²) in [6.45, 7) is 1.77. The van der Waals surface area contributed by atoms with Gasteiger partial charge in [-0.2, -0.15) is 0 Å². The molecule has 0 saturated heterocycles. The van der Waals surface area contributed by atoms with Crippen molar-refractivity contribution < 1.29 is 22.7 Å². The molecule has 0 radical (unpaired) electrons. The normalized spacial score (nSPS) is 10.6. The van der Waals surface area contributed by atoms with Crippen LogP contribution in [-0.2, 0) is 11.3 Å². The summed E-state index contributed by atoms with van der Waals surface area (Å²) in [6, 6.07) is 13.8. The number of amides is 1. The number of benzene rings is 2. The SMILES string of the molecule is Cc1ccc(N(Cc2ccco2)C(=O)COc2ccc(F)cc2F)cc1. The number of hydrogen-bond acceptors (Lipinski definition) is 3. The summed E-state index contributed by atoms with van der Waals surface area (Å²) in [5.41, 5.74) is 1.73. The molecule has 0 atom stereocenters. The standard InChI is InChI=1S/C20H17F2NO3/c1-14-4-7-16(8-5-14)23(12-17-3-2-10-25-17)20(24)13-26-19-9-6-15(21)11-18(19)22/h2-11H,12-13H2,1H3. The average Bonchev–Trinajstić information content (AvgIpc) is 3.13. The van der Waals surface area contributed by atoms with E-state index in [9.17, 15) is 13.6 Å². The lowest BCUT2D eigenvalue weighted by atomic mass is 10.2. The molecular weight excluding hydrogens is 340 g/mol. The lowest BCUT2D eigenvalue weighted by molar-refractivity contribution is -0.120. The Labute approximate surface area is 149 Å². The average molecular weight is 357 g/mol. The van der Waals surface area contributed by atoms with Crippen LogP contribution in [0.1, 0.15) is 11.3 Å². The van der Waals surface area contributed by atoms with E-state index in [0.717, 1.165) is 17.7 Å². The van der Waals surface area contributed by atoms with E-state index in [0.29, 0.717) is 17.5 Å². The fourth-order valence-corrected chi connectivity index (χ4v) is 2.42. The number of nitrogens with zero attached hydrogens (tertiary/aromatic N) is 1. The molecule has 0 aliphatic rings. The first-order valence-corrected chi connectivity index (χ1v) is 8.00. The second kappa shape index (κ2) is 7.82. The Kier molecular flexibility index (Phi) is 5.31. The minimum Gasteiger partial charge on any atom is -0.481 e.